The third kappa shape index (κ3) is 5.16. The number of hydrogen-bond donors (Lipinski definition) is 0. The second-order valence-electron chi connectivity index (χ2n) is 3.13. The summed E-state index contributed by atoms with van der Waals surface area (Å²) >= 11 is 0. The predicted molar refractivity (Wildman–Crippen MR) is 59.8 cm³/mol. The maximum atomic E-state index is 11.6. The minimum Gasteiger partial charge on any atom is -0.465 e. The van der Waals surface area contributed by atoms with E-state index in [0.717, 1.165) is 0 Å². The van der Waals surface area contributed by atoms with Crippen molar-refractivity contribution in [1.82, 2.24) is 0 Å². The van der Waals surface area contributed by atoms with Crippen LogP contribution >= 0.6 is 0 Å². The number of ketones is 1. The van der Waals surface area contributed by atoms with E-state index in [9.17, 15) is 14.4 Å². The number of rotatable bonds is 7. The van der Waals surface area contributed by atoms with Crippen molar-refractivity contribution >= 4 is 17.7 Å². The number of terminal acetylenes is 1. The largest absolute Gasteiger partial charge is 0.465 e. The van der Waals surface area contributed by atoms with E-state index in [1.807, 2.05) is 0 Å². The van der Waals surface area contributed by atoms with Gasteiger partial charge in [-0.3, -0.25) is 9.59 Å². The van der Waals surface area contributed by atoms with Crippen LogP contribution in [-0.4, -0.2) is 30.9 Å². The summed E-state index contributed by atoms with van der Waals surface area (Å²) in [6.07, 6.45) is 5.36. The van der Waals surface area contributed by atoms with Crippen molar-refractivity contribution in [3.05, 3.63) is 0 Å². The summed E-state index contributed by atoms with van der Waals surface area (Å²) in [4.78, 5) is 34.3. The van der Waals surface area contributed by atoms with E-state index in [1.54, 1.807) is 13.8 Å². The lowest BCUT2D eigenvalue weighted by atomic mass is 9.98. The first-order valence-electron chi connectivity index (χ1n) is 5.39. The van der Waals surface area contributed by atoms with Crippen molar-refractivity contribution in [2.75, 3.05) is 13.2 Å². The fourth-order valence-corrected chi connectivity index (χ4v) is 1.17. The number of Topliss-reactive ketones (excluding diaryl/α,β-unsaturated/α-hetero) is 1. The quantitative estimate of drug-likeness (QED) is 0.284. The van der Waals surface area contributed by atoms with Gasteiger partial charge in [-0.25, -0.2) is 4.79 Å². The van der Waals surface area contributed by atoms with Gasteiger partial charge in [0.25, 0.3) is 5.78 Å². The standard InChI is InChI=1S/C12H16O5/c1-4-7-8-9(11(14)16-5-2)10(13)12(15)17-6-3/h1,9H,5-8H2,2-3H3. The molecule has 0 aliphatic rings. The molecule has 0 aliphatic carbocycles. The van der Waals surface area contributed by atoms with Crippen molar-refractivity contribution in [2.45, 2.75) is 26.7 Å². The molecule has 0 saturated heterocycles. The first-order valence-corrected chi connectivity index (χ1v) is 5.39. The highest BCUT2D eigenvalue weighted by Gasteiger charge is 2.33. The van der Waals surface area contributed by atoms with Crippen LogP contribution in [0.5, 0.6) is 0 Å². The second kappa shape index (κ2) is 8.34. The van der Waals surface area contributed by atoms with Crippen LogP contribution in [0.15, 0.2) is 0 Å². The van der Waals surface area contributed by atoms with E-state index in [2.05, 4.69) is 10.7 Å². The Hall–Kier alpha value is -1.83. The maximum absolute atomic E-state index is 11.6. The molecular formula is C12H16O5. The van der Waals surface area contributed by atoms with Gasteiger partial charge in [-0.2, -0.15) is 0 Å². The monoisotopic (exact) mass is 240 g/mol. The molecule has 0 spiro atoms. The summed E-state index contributed by atoms with van der Waals surface area (Å²) < 4.78 is 9.26. The van der Waals surface area contributed by atoms with Gasteiger partial charge in [-0.05, 0) is 20.3 Å². The van der Waals surface area contributed by atoms with Gasteiger partial charge in [0.1, 0.15) is 5.92 Å². The molecule has 0 rings (SSSR count). The Bertz CT molecular complexity index is 326. The van der Waals surface area contributed by atoms with Gasteiger partial charge in [-0.1, -0.05) is 0 Å². The minimum atomic E-state index is -1.16. The molecule has 0 aromatic rings. The number of esters is 2. The van der Waals surface area contributed by atoms with E-state index in [4.69, 9.17) is 11.2 Å². The molecule has 1 unspecified atom stereocenters. The van der Waals surface area contributed by atoms with Crippen molar-refractivity contribution in [3.8, 4) is 12.3 Å². The predicted octanol–water partition coefficient (Wildman–Crippen LogP) is 0.711. The third-order valence-electron chi connectivity index (χ3n) is 1.94. The molecule has 94 valence electrons. The van der Waals surface area contributed by atoms with Gasteiger partial charge in [0.15, 0.2) is 0 Å². The van der Waals surface area contributed by atoms with Gasteiger partial charge in [0.05, 0.1) is 13.2 Å². The third-order valence-corrected chi connectivity index (χ3v) is 1.94. The SMILES string of the molecule is C#CCCC(C(=O)OCC)C(=O)C(=O)OCC. The van der Waals surface area contributed by atoms with Crippen LogP contribution in [0.25, 0.3) is 0 Å². The van der Waals surface area contributed by atoms with E-state index in [-0.39, 0.29) is 26.1 Å². The molecule has 17 heavy (non-hydrogen) atoms. The van der Waals surface area contributed by atoms with Crippen LogP contribution in [0, 0.1) is 18.3 Å². The lowest BCUT2D eigenvalue weighted by Crippen LogP contribution is -2.33. The van der Waals surface area contributed by atoms with Crippen LogP contribution < -0.4 is 0 Å². The van der Waals surface area contributed by atoms with Crippen molar-refractivity contribution in [1.29, 1.82) is 0 Å². The number of hydrogen-bond acceptors (Lipinski definition) is 5. The van der Waals surface area contributed by atoms with E-state index in [0.29, 0.717) is 0 Å². The average Bonchev–Trinajstić information content (AvgIpc) is 2.30. The van der Waals surface area contributed by atoms with Crippen LogP contribution in [0.2, 0.25) is 0 Å². The minimum absolute atomic E-state index is 0.0786. The molecule has 0 aliphatic heterocycles. The van der Waals surface area contributed by atoms with Crippen LogP contribution in [-0.2, 0) is 23.9 Å². The Morgan fingerprint density at radius 2 is 1.76 bits per heavy atom. The summed E-state index contributed by atoms with van der Waals surface area (Å²) in [5, 5.41) is 0. The van der Waals surface area contributed by atoms with E-state index < -0.39 is 23.6 Å². The van der Waals surface area contributed by atoms with Gasteiger partial charge in [0.2, 0.25) is 0 Å². The molecule has 0 N–H and O–H groups in total. The van der Waals surface area contributed by atoms with Gasteiger partial charge in [0, 0.05) is 6.42 Å². The molecule has 1 atom stereocenters. The van der Waals surface area contributed by atoms with Crippen LogP contribution in [0.1, 0.15) is 26.7 Å². The molecular weight excluding hydrogens is 224 g/mol. The smallest absolute Gasteiger partial charge is 0.375 e. The first kappa shape index (κ1) is 15.2. The Morgan fingerprint density at radius 1 is 1.18 bits per heavy atom. The summed E-state index contributed by atoms with van der Waals surface area (Å²) in [5.74, 6) is -1.52. The lowest BCUT2D eigenvalue weighted by Gasteiger charge is -2.12. The summed E-state index contributed by atoms with van der Waals surface area (Å²) in [5.41, 5.74) is 0. The number of ether oxygens (including phenoxy) is 2. The topological polar surface area (TPSA) is 69.7 Å². The normalized spacial score (nSPS) is 11.1. The molecule has 0 aromatic heterocycles. The summed E-state index contributed by atoms with van der Waals surface area (Å²) in [7, 11) is 0. The van der Waals surface area contributed by atoms with Crippen molar-refractivity contribution in [3.63, 3.8) is 0 Å². The molecule has 0 bridgehead atoms. The van der Waals surface area contributed by atoms with Crippen molar-refractivity contribution in [2.24, 2.45) is 5.92 Å². The second-order valence-corrected chi connectivity index (χ2v) is 3.13. The Labute approximate surface area is 100 Å². The highest BCUT2D eigenvalue weighted by Crippen LogP contribution is 2.11. The van der Waals surface area contributed by atoms with Crippen LogP contribution in [0.3, 0.4) is 0 Å². The average molecular weight is 240 g/mol. The summed E-state index contributed by atoms with van der Waals surface area (Å²) in [6, 6.07) is 0. The lowest BCUT2D eigenvalue weighted by molar-refractivity contribution is -0.162. The molecule has 0 amide bonds. The van der Waals surface area contributed by atoms with Crippen LogP contribution in [0.4, 0.5) is 0 Å². The van der Waals surface area contributed by atoms with E-state index in [1.165, 1.54) is 0 Å². The fraction of sp³-hybridized carbons (Fsp3) is 0.583. The molecule has 0 aromatic carbocycles. The number of carbonyl (C=O) groups is 3. The Balaban J connectivity index is 4.67. The van der Waals surface area contributed by atoms with Gasteiger partial charge < -0.3 is 9.47 Å². The maximum Gasteiger partial charge on any atom is 0.375 e. The highest BCUT2D eigenvalue weighted by atomic mass is 16.5. The highest BCUT2D eigenvalue weighted by molar-refractivity contribution is 6.37. The van der Waals surface area contributed by atoms with Gasteiger partial charge >= 0.3 is 11.9 Å². The molecule has 5 nitrogen and oxygen atoms in total. The fourth-order valence-electron chi connectivity index (χ4n) is 1.17. The zero-order valence-electron chi connectivity index (χ0n) is 10.0. The molecule has 5 heteroatoms. The molecule has 0 radical (unpaired) electrons. The first-order chi connectivity index (χ1) is 8.08. The molecule has 0 saturated carbocycles. The zero-order chi connectivity index (χ0) is 13.3. The number of carbonyl (C=O) groups excluding carboxylic acids is 3. The Kier molecular flexibility index (Phi) is 7.44. The van der Waals surface area contributed by atoms with E-state index >= 15 is 0 Å². The Morgan fingerprint density at radius 3 is 2.24 bits per heavy atom. The summed E-state index contributed by atoms with van der Waals surface area (Å²) in [6.45, 7) is 3.41. The molecule has 0 fully saturated rings. The molecule has 0 heterocycles. The van der Waals surface area contributed by atoms with Gasteiger partial charge in [-0.15, -0.1) is 12.3 Å². The zero-order valence-corrected chi connectivity index (χ0v) is 10.0. The van der Waals surface area contributed by atoms with Crippen molar-refractivity contribution < 1.29 is 23.9 Å².